The molecule has 0 atom stereocenters. The zero-order chi connectivity index (χ0) is 19.1. The minimum atomic E-state index is -1.13. The lowest BCUT2D eigenvalue weighted by atomic mass is 10.1. The van der Waals surface area contributed by atoms with Gasteiger partial charge >= 0.3 is 5.97 Å². The summed E-state index contributed by atoms with van der Waals surface area (Å²) >= 11 is 0. The number of aromatic nitrogens is 2. The summed E-state index contributed by atoms with van der Waals surface area (Å²) in [6, 6.07) is 6.86. The molecule has 3 rings (SSSR count). The van der Waals surface area contributed by atoms with Crippen molar-refractivity contribution in [1.82, 2.24) is 20.2 Å². The van der Waals surface area contributed by atoms with E-state index in [-0.39, 0.29) is 11.6 Å². The summed E-state index contributed by atoms with van der Waals surface area (Å²) in [7, 11) is 0. The zero-order valence-corrected chi connectivity index (χ0v) is 14.9. The first-order chi connectivity index (χ1) is 13.1. The highest BCUT2D eigenvalue weighted by Crippen LogP contribution is 2.17. The van der Waals surface area contributed by atoms with Gasteiger partial charge < -0.3 is 15.2 Å². The molecular weight excluding hydrogens is 348 g/mol. The Morgan fingerprint density at radius 2 is 1.89 bits per heavy atom. The Bertz CT molecular complexity index is 789. The first kappa shape index (κ1) is 18.9. The number of carboxylic acids is 1. The van der Waals surface area contributed by atoms with E-state index < -0.39 is 5.97 Å². The number of morpholine rings is 1. The molecule has 8 nitrogen and oxygen atoms in total. The van der Waals surface area contributed by atoms with E-state index in [1.54, 1.807) is 24.3 Å². The molecule has 1 aliphatic rings. The summed E-state index contributed by atoms with van der Waals surface area (Å²) < 4.78 is 5.31. The molecule has 0 spiro atoms. The zero-order valence-electron chi connectivity index (χ0n) is 14.9. The molecular formula is C19H22N4O4. The van der Waals surface area contributed by atoms with Gasteiger partial charge in [0.1, 0.15) is 0 Å². The van der Waals surface area contributed by atoms with Crippen molar-refractivity contribution in [1.29, 1.82) is 0 Å². The Kier molecular flexibility index (Phi) is 6.45. The number of carboxylic acid groups (broad SMARTS) is 1. The van der Waals surface area contributed by atoms with Crippen LogP contribution < -0.4 is 5.32 Å². The maximum atomic E-state index is 12.2. The van der Waals surface area contributed by atoms with Crippen LogP contribution in [0.1, 0.15) is 27.3 Å². The third-order valence-corrected chi connectivity index (χ3v) is 4.34. The molecule has 0 radical (unpaired) electrons. The van der Waals surface area contributed by atoms with Crippen LogP contribution in [0.2, 0.25) is 0 Å². The first-order valence-corrected chi connectivity index (χ1v) is 8.87. The van der Waals surface area contributed by atoms with Crippen LogP contribution in [0.15, 0.2) is 36.7 Å². The molecule has 1 fully saturated rings. The van der Waals surface area contributed by atoms with Crippen LogP contribution in [-0.4, -0.2) is 71.2 Å². The Labute approximate surface area is 157 Å². The average Bonchev–Trinajstić information content (AvgIpc) is 2.72. The topological polar surface area (TPSA) is 105 Å². The SMILES string of the molecule is O=C(NCCCN1CCOCC1)c1ccc(-c2cncc(C(=O)O)n2)cc1. The van der Waals surface area contributed by atoms with Crippen LogP contribution in [0.5, 0.6) is 0 Å². The number of carbonyl (C=O) groups excluding carboxylic acids is 1. The van der Waals surface area contributed by atoms with Gasteiger partial charge in [0, 0.05) is 30.8 Å². The number of hydrogen-bond donors (Lipinski definition) is 2. The minimum Gasteiger partial charge on any atom is -0.476 e. The lowest BCUT2D eigenvalue weighted by Gasteiger charge is -2.26. The largest absolute Gasteiger partial charge is 0.476 e. The maximum absolute atomic E-state index is 12.2. The Balaban J connectivity index is 1.51. The molecule has 0 unspecified atom stereocenters. The number of benzene rings is 1. The van der Waals surface area contributed by atoms with Crippen LogP contribution >= 0.6 is 0 Å². The number of hydrogen-bond acceptors (Lipinski definition) is 6. The van der Waals surface area contributed by atoms with Crippen molar-refractivity contribution in [2.45, 2.75) is 6.42 Å². The first-order valence-electron chi connectivity index (χ1n) is 8.87. The van der Waals surface area contributed by atoms with E-state index >= 15 is 0 Å². The van der Waals surface area contributed by atoms with E-state index in [9.17, 15) is 9.59 Å². The summed E-state index contributed by atoms with van der Waals surface area (Å²) in [5.41, 5.74) is 1.59. The fraction of sp³-hybridized carbons (Fsp3) is 0.368. The highest BCUT2D eigenvalue weighted by atomic mass is 16.5. The predicted octanol–water partition coefficient (Wildman–Crippen LogP) is 1.29. The molecule has 0 bridgehead atoms. The summed E-state index contributed by atoms with van der Waals surface area (Å²) in [6.45, 7) is 5.00. The van der Waals surface area contributed by atoms with Gasteiger partial charge in [0.25, 0.3) is 5.91 Å². The van der Waals surface area contributed by atoms with Gasteiger partial charge in [-0.05, 0) is 25.1 Å². The third-order valence-electron chi connectivity index (χ3n) is 4.34. The summed E-state index contributed by atoms with van der Waals surface area (Å²) in [5, 5.41) is 11.9. The van der Waals surface area contributed by atoms with Gasteiger partial charge in [0.15, 0.2) is 5.69 Å². The second-order valence-electron chi connectivity index (χ2n) is 6.24. The van der Waals surface area contributed by atoms with Crippen molar-refractivity contribution in [3.05, 3.63) is 47.9 Å². The van der Waals surface area contributed by atoms with E-state index in [4.69, 9.17) is 9.84 Å². The molecule has 8 heteroatoms. The Morgan fingerprint density at radius 1 is 1.15 bits per heavy atom. The van der Waals surface area contributed by atoms with E-state index in [2.05, 4.69) is 20.2 Å². The summed E-state index contributed by atoms with van der Waals surface area (Å²) in [5.74, 6) is -1.26. The highest BCUT2D eigenvalue weighted by molar-refractivity contribution is 5.94. The second-order valence-corrected chi connectivity index (χ2v) is 6.24. The molecule has 27 heavy (non-hydrogen) atoms. The van der Waals surface area contributed by atoms with Crippen LogP contribution in [0.4, 0.5) is 0 Å². The van der Waals surface area contributed by atoms with E-state index in [1.807, 2.05) is 0 Å². The van der Waals surface area contributed by atoms with Crippen molar-refractivity contribution in [2.75, 3.05) is 39.4 Å². The van der Waals surface area contributed by atoms with Gasteiger partial charge in [0.05, 0.1) is 31.3 Å². The van der Waals surface area contributed by atoms with Gasteiger partial charge in [0.2, 0.25) is 0 Å². The van der Waals surface area contributed by atoms with Gasteiger partial charge in [-0.15, -0.1) is 0 Å². The standard InChI is InChI=1S/C19H22N4O4/c24-18(21-6-1-7-23-8-10-27-11-9-23)15-4-2-14(3-5-15)16-12-20-13-17(22-16)19(25)26/h2-5,12-13H,1,6-11H2,(H,21,24)(H,25,26). The normalized spacial score (nSPS) is 14.7. The average molecular weight is 370 g/mol. The van der Waals surface area contributed by atoms with E-state index in [0.717, 1.165) is 39.3 Å². The molecule has 0 aliphatic carbocycles. The van der Waals surface area contributed by atoms with Crippen molar-refractivity contribution in [2.24, 2.45) is 0 Å². The summed E-state index contributed by atoms with van der Waals surface area (Å²) in [6.07, 6.45) is 3.58. The van der Waals surface area contributed by atoms with Gasteiger partial charge in [-0.2, -0.15) is 0 Å². The van der Waals surface area contributed by atoms with Crippen molar-refractivity contribution < 1.29 is 19.4 Å². The van der Waals surface area contributed by atoms with Crippen molar-refractivity contribution in [3.63, 3.8) is 0 Å². The number of nitrogens with one attached hydrogen (secondary N) is 1. The summed E-state index contributed by atoms with van der Waals surface area (Å²) in [4.78, 5) is 33.5. The molecule has 2 N–H and O–H groups in total. The Hall–Kier alpha value is -2.84. The fourth-order valence-corrected chi connectivity index (χ4v) is 2.83. The molecule has 2 aromatic rings. The van der Waals surface area contributed by atoms with Crippen LogP contribution in [-0.2, 0) is 4.74 Å². The monoisotopic (exact) mass is 370 g/mol. The number of nitrogens with zero attached hydrogens (tertiary/aromatic N) is 3. The minimum absolute atomic E-state index is 0.116. The number of rotatable bonds is 7. The molecule has 1 amide bonds. The lowest BCUT2D eigenvalue weighted by Crippen LogP contribution is -2.38. The number of amides is 1. The number of carbonyl (C=O) groups is 2. The van der Waals surface area contributed by atoms with Crippen molar-refractivity contribution in [3.8, 4) is 11.3 Å². The number of aromatic carboxylic acids is 1. The van der Waals surface area contributed by atoms with E-state index in [1.165, 1.54) is 12.4 Å². The van der Waals surface area contributed by atoms with Gasteiger partial charge in [-0.1, -0.05) is 12.1 Å². The fourth-order valence-electron chi connectivity index (χ4n) is 2.83. The van der Waals surface area contributed by atoms with Crippen molar-refractivity contribution >= 4 is 11.9 Å². The molecule has 1 aliphatic heterocycles. The van der Waals surface area contributed by atoms with Crippen LogP contribution in [0.25, 0.3) is 11.3 Å². The van der Waals surface area contributed by atoms with Gasteiger partial charge in [-0.3, -0.25) is 14.7 Å². The number of ether oxygens (including phenoxy) is 1. The van der Waals surface area contributed by atoms with E-state index in [0.29, 0.717) is 23.4 Å². The van der Waals surface area contributed by atoms with Gasteiger partial charge in [-0.25, -0.2) is 9.78 Å². The molecule has 2 heterocycles. The lowest BCUT2D eigenvalue weighted by molar-refractivity contribution is 0.0374. The molecule has 1 aromatic heterocycles. The molecule has 0 saturated carbocycles. The molecule has 1 saturated heterocycles. The third kappa shape index (κ3) is 5.32. The quantitative estimate of drug-likeness (QED) is 0.708. The molecule has 1 aromatic carbocycles. The molecule has 142 valence electrons. The highest BCUT2D eigenvalue weighted by Gasteiger charge is 2.11. The smallest absolute Gasteiger partial charge is 0.356 e. The predicted molar refractivity (Wildman–Crippen MR) is 98.6 cm³/mol. The maximum Gasteiger partial charge on any atom is 0.356 e. The second kappa shape index (κ2) is 9.20. The van der Waals surface area contributed by atoms with Crippen LogP contribution in [0, 0.1) is 0 Å². The van der Waals surface area contributed by atoms with Crippen LogP contribution in [0.3, 0.4) is 0 Å². The Morgan fingerprint density at radius 3 is 2.59 bits per heavy atom.